The Morgan fingerprint density at radius 3 is 1.29 bits per heavy atom. The fourth-order valence-corrected chi connectivity index (χ4v) is 3.33. The van der Waals surface area contributed by atoms with Gasteiger partial charge in [0, 0.05) is 27.7 Å². The normalized spacial score (nSPS) is 27.9. The maximum atomic E-state index is 11.4. The van der Waals surface area contributed by atoms with E-state index in [0.29, 0.717) is 11.1 Å². The van der Waals surface area contributed by atoms with Crippen LogP contribution in [0.2, 0.25) is 0 Å². The summed E-state index contributed by atoms with van der Waals surface area (Å²) in [6.07, 6.45) is 2.31. The molecule has 0 radical (unpaired) electrons. The van der Waals surface area contributed by atoms with Gasteiger partial charge in [-0.15, -0.1) is 0 Å². The van der Waals surface area contributed by atoms with Crippen molar-refractivity contribution in [2.45, 2.75) is 64.3 Å². The fraction of sp³-hybridized carbons (Fsp3) is 0.500. The Bertz CT molecular complexity index is 814. The molecule has 6 atom stereocenters. The van der Waals surface area contributed by atoms with Crippen LogP contribution in [0.15, 0.2) is 48.6 Å². The first-order chi connectivity index (χ1) is 16.0. The number of carbonyl (C=O) groups excluding carboxylic acids is 4. The zero-order chi connectivity index (χ0) is 25.4. The summed E-state index contributed by atoms with van der Waals surface area (Å²) < 4.78 is 32.5. The number of hydrogen-bond acceptors (Lipinski definition) is 10. The van der Waals surface area contributed by atoms with Crippen molar-refractivity contribution in [3.8, 4) is 0 Å². The van der Waals surface area contributed by atoms with Gasteiger partial charge in [-0.3, -0.25) is 19.2 Å². The minimum absolute atomic E-state index is 0.123. The molecule has 0 N–H and O–H groups in total. The summed E-state index contributed by atoms with van der Waals surface area (Å²) in [6.45, 7) is 12.9. The van der Waals surface area contributed by atoms with Gasteiger partial charge < -0.3 is 28.4 Å². The van der Waals surface area contributed by atoms with Crippen LogP contribution in [0.3, 0.4) is 0 Å². The van der Waals surface area contributed by atoms with E-state index < -0.39 is 60.5 Å². The molecule has 10 heteroatoms. The first kappa shape index (κ1) is 27.0. The van der Waals surface area contributed by atoms with E-state index in [0.717, 1.165) is 0 Å². The molecule has 0 amide bonds. The number of carbonyl (C=O) groups is 4. The van der Waals surface area contributed by atoms with Crippen molar-refractivity contribution in [3.05, 3.63) is 48.6 Å². The minimum atomic E-state index is -0.750. The highest BCUT2D eigenvalue weighted by Crippen LogP contribution is 2.29. The zero-order valence-electron chi connectivity index (χ0n) is 19.7. The highest BCUT2D eigenvalue weighted by Gasteiger charge is 2.36. The smallest absolute Gasteiger partial charge is 0.303 e. The zero-order valence-corrected chi connectivity index (χ0v) is 19.7. The lowest BCUT2D eigenvalue weighted by Gasteiger charge is -2.35. The maximum Gasteiger partial charge on any atom is 0.303 e. The number of esters is 4. The minimum Gasteiger partial charge on any atom is -0.463 e. The molecule has 0 fully saturated rings. The van der Waals surface area contributed by atoms with Gasteiger partial charge >= 0.3 is 23.9 Å². The van der Waals surface area contributed by atoms with Crippen molar-refractivity contribution in [1.29, 1.82) is 0 Å². The Balaban J connectivity index is 2.13. The first-order valence-corrected chi connectivity index (χ1v) is 10.6. The van der Waals surface area contributed by atoms with Gasteiger partial charge in [-0.25, -0.2) is 0 Å². The molecule has 0 unspecified atom stereocenters. The summed E-state index contributed by atoms with van der Waals surface area (Å²) in [6, 6.07) is 0. The molecule has 0 spiro atoms. The van der Waals surface area contributed by atoms with Gasteiger partial charge in [-0.05, 0) is 23.3 Å². The highest BCUT2D eigenvalue weighted by atomic mass is 16.6. The van der Waals surface area contributed by atoms with E-state index in [4.69, 9.17) is 28.4 Å². The van der Waals surface area contributed by atoms with E-state index in [-0.39, 0.29) is 13.2 Å². The monoisotopic (exact) mass is 478 g/mol. The quantitative estimate of drug-likeness (QED) is 0.209. The molecule has 10 nitrogen and oxygen atoms in total. The molecule has 0 aromatic rings. The predicted octanol–water partition coefficient (Wildman–Crippen LogP) is 1.74. The van der Waals surface area contributed by atoms with E-state index >= 15 is 0 Å². The van der Waals surface area contributed by atoms with Crippen molar-refractivity contribution in [3.63, 3.8) is 0 Å². The third kappa shape index (κ3) is 7.96. The molecule has 2 aliphatic rings. The number of ether oxygens (including phenoxy) is 6. The Hall–Kier alpha value is -3.24. The van der Waals surface area contributed by atoms with Gasteiger partial charge in [0.05, 0.1) is 0 Å². The third-order valence-corrected chi connectivity index (χ3v) is 4.93. The molecule has 186 valence electrons. The first-order valence-electron chi connectivity index (χ1n) is 10.6. The van der Waals surface area contributed by atoms with Crippen molar-refractivity contribution in [1.82, 2.24) is 0 Å². The molecule has 0 saturated heterocycles. The van der Waals surface area contributed by atoms with Gasteiger partial charge in [-0.1, -0.05) is 25.3 Å². The summed E-state index contributed by atoms with van der Waals surface area (Å²) in [7, 11) is 0. The van der Waals surface area contributed by atoms with Crippen molar-refractivity contribution in [2.24, 2.45) is 0 Å². The van der Waals surface area contributed by atoms with Crippen LogP contribution in [0.25, 0.3) is 0 Å². The lowest BCUT2D eigenvalue weighted by atomic mass is 9.94. The maximum absolute atomic E-state index is 11.4. The van der Waals surface area contributed by atoms with Crippen LogP contribution < -0.4 is 0 Å². The van der Waals surface area contributed by atoms with E-state index in [1.807, 2.05) is 0 Å². The molecular weight excluding hydrogens is 448 g/mol. The summed E-state index contributed by atoms with van der Waals surface area (Å²) in [5.74, 6) is -2.01. The average molecular weight is 478 g/mol. The van der Waals surface area contributed by atoms with Gasteiger partial charge in [0.1, 0.15) is 49.8 Å². The molecule has 0 aromatic carbocycles. The van der Waals surface area contributed by atoms with Crippen molar-refractivity contribution < 1.29 is 47.6 Å². The lowest BCUT2D eigenvalue weighted by molar-refractivity contribution is -0.164. The Labute approximate surface area is 198 Å². The summed E-state index contributed by atoms with van der Waals surface area (Å²) in [5, 5.41) is 0. The van der Waals surface area contributed by atoms with Crippen LogP contribution in [0.1, 0.15) is 27.7 Å². The van der Waals surface area contributed by atoms with Gasteiger partial charge in [-0.2, -0.15) is 0 Å². The van der Waals surface area contributed by atoms with Crippen LogP contribution in [-0.4, -0.2) is 73.7 Å². The number of hydrogen-bond donors (Lipinski definition) is 0. The molecule has 2 rings (SSSR count). The molecule has 34 heavy (non-hydrogen) atoms. The molecule has 2 heterocycles. The lowest BCUT2D eigenvalue weighted by Crippen LogP contribution is -2.44. The summed E-state index contributed by atoms with van der Waals surface area (Å²) in [4.78, 5) is 45.3. The summed E-state index contributed by atoms with van der Waals surface area (Å²) >= 11 is 0. The predicted molar refractivity (Wildman–Crippen MR) is 118 cm³/mol. The Kier molecular flexibility index (Phi) is 9.76. The fourth-order valence-electron chi connectivity index (χ4n) is 3.33. The molecule has 0 aliphatic carbocycles. The molecule has 0 aromatic heterocycles. The van der Waals surface area contributed by atoms with Crippen LogP contribution in [0.5, 0.6) is 0 Å². The molecule has 0 saturated carbocycles. The Morgan fingerprint density at radius 1 is 0.647 bits per heavy atom. The molecular formula is C24H30O10. The Morgan fingerprint density at radius 2 is 1.00 bits per heavy atom. The van der Waals surface area contributed by atoms with E-state index in [1.165, 1.54) is 27.7 Å². The van der Waals surface area contributed by atoms with Crippen LogP contribution in [0.4, 0.5) is 0 Å². The standard InChI is InChI=1S/C24H30O10/c1-13(19-7-9-21(31-17(5)27)23(33-19)11-29-15(3)25)14(2)20-8-10-22(32-18(6)28)24(34-20)12-30-16(4)26/h7-10,19-24H,1-2,11-12H2,3-6H3/t19-,20-,21-,22-,23+,24+/m0/s1. The third-order valence-electron chi connectivity index (χ3n) is 4.93. The van der Waals surface area contributed by atoms with Gasteiger partial charge in [0.2, 0.25) is 0 Å². The van der Waals surface area contributed by atoms with Crippen LogP contribution in [-0.2, 0) is 47.6 Å². The molecule has 0 bridgehead atoms. The highest BCUT2D eigenvalue weighted by molar-refractivity contribution is 5.67. The van der Waals surface area contributed by atoms with E-state index in [1.54, 1.807) is 24.3 Å². The van der Waals surface area contributed by atoms with Crippen molar-refractivity contribution in [2.75, 3.05) is 13.2 Å². The molecule has 2 aliphatic heterocycles. The number of rotatable bonds is 9. The van der Waals surface area contributed by atoms with Crippen molar-refractivity contribution >= 4 is 23.9 Å². The van der Waals surface area contributed by atoms with Crippen LogP contribution in [0, 0.1) is 0 Å². The van der Waals surface area contributed by atoms with Crippen LogP contribution >= 0.6 is 0 Å². The second kappa shape index (κ2) is 12.3. The van der Waals surface area contributed by atoms with E-state index in [9.17, 15) is 19.2 Å². The summed E-state index contributed by atoms with van der Waals surface area (Å²) in [5.41, 5.74) is 0.939. The van der Waals surface area contributed by atoms with Gasteiger partial charge in [0.25, 0.3) is 0 Å². The second-order valence-electron chi connectivity index (χ2n) is 7.76. The SMILES string of the molecule is C=C(C(=C)[C@@H]1C=C[C@H](OC(C)=O)[C@@H](COC(C)=O)O1)[C@@H]1C=C[C@H](OC(C)=O)[C@@H](COC(C)=O)O1. The second-order valence-corrected chi connectivity index (χ2v) is 7.76. The van der Waals surface area contributed by atoms with E-state index in [2.05, 4.69) is 13.2 Å². The largest absolute Gasteiger partial charge is 0.463 e. The topological polar surface area (TPSA) is 124 Å². The van der Waals surface area contributed by atoms with Gasteiger partial charge in [0.15, 0.2) is 0 Å². The average Bonchev–Trinajstić information content (AvgIpc) is 2.75.